The number of halogens is 1. The van der Waals surface area contributed by atoms with Crippen LogP contribution in [0.15, 0.2) is 16.6 Å². The number of carbonyl (C=O) groups is 1. The van der Waals surface area contributed by atoms with Gasteiger partial charge in [-0.2, -0.15) is 0 Å². The molecule has 1 aliphatic carbocycles. The molecule has 1 fully saturated rings. The molecule has 0 saturated heterocycles. The molecule has 0 spiro atoms. The molecule has 3 nitrogen and oxygen atoms in total. The molecule has 1 aliphatic rings. The van der Waals surface area contributed by atoms with Crippen molar-refractivity contribution >= 4 is 31.6 Å². The fourth-order valence-electron chi connectivity index (χ4n) is 3.10. The third-order valence-corrected chi connectivity index (χ3v) is 7.21. The molecular weight excluding hydrogens is 352 g/mol. The molecule has 0 heterocycles. The van der Waals surface area contributed by atoms with Crippen molar-refractivity contribution in [2.45, 2.75) is 44.8 Å². The number of hydrogen-bond acceptors (Lipinski definition) is 3. The molecule has 0 aromatic heterocycles. The van der Waals surface area contributed by atoms with Crippen LogP contribution in [0.25, 0.3) is 0 Å². The highest BCUT2D eigenvalue weighted by Crippen LogP contribution is 2.32. The first kappa shape index (κ1) is 16.7. The summed E-state index contributed by atoms with van der Waals surface area (Å²) in [4.78, 5) is 12.7. The van der Waals surface area contributed by atoms with Crippen LogP contribution < -0.4 is 0 Å². The Kier molecular flexibility index (Phi) is 4.93. The van der Waals surface area contributed by atoms with Gasteiger partial charge in [-0.05, 0) is 56.4 Å². The van der Waals surface area contributed by atoms with Gasteiger partial charge in [0, 0.05) is 22.2 Å². The van der Waals surface area contributed by atoms with Crippen LogP contribution in [-0.2, 0) is 9.84 Å². The lowest BCUT2D eigenvalue weighted by atomic mass is 9.83. The lowest BCUT2D eigenvalue weighted by Gasteiger charge is -2.27. The number of rotatable bonds is 3. The second kappa shape index (κ2) is 6.21. The van der Waals surface area contributed by atoms with Crippen LogP contribution in [-0.4, -0.2) is 25.7 Å². The fourth-order valence-corrected chi connectivity index (χ4v) is 4.50. The normalized spacial score (nSPS) is 23.0. The molecule has 2 unspecified atom stereocenters. The van der Waals surface area contributed by atoms with Crippen molar-refractivity contribution in [3.8, 4) is 0 Å². The zero-order chi connectivity index (χ0) is 15.8. The van der Waals surface area contributed by atoms with Crippen LogP contribution in [0, 0.1) is 19.8 Å². The van der Waals surface area contributed by atoms with E-state index in [1.165, 1.54) is 6.26 Å². The second-order valence-electron chi connectivity index (χ2n) is 6.10. The zero-order valence-corrected chi connectivity index (χ0v) is 15.1. The van der Waals surface area contributed by atoms with E-state index in [0.29, 0.717) is 18.4 Å². The SMILES string of the molecule is Cc1cc(C(=O)C2CCCC(S(C)(=O)=O)C2)cc(C)c1Br. The van der Waals surface area contributed by atoms with Gasteiger partial charge in [-0.1, -0.05) is 22.4 Å². The maximum Gasteiger partial charge on any atom is 0.166 e. The number of aryl methyl sites for hydroxylation is 2. The van der Waals surface area contributed by atoms with Crippen LogP contribution in [0.4, 0.5) is 0 Å². The van der Waals surface area contributed by atoms with Crippen molar-refractivity contribution in [3.05, 3.63) is 33.3 Å². The Morgan fingerprint density at radius 2 is 1.76 bits per heavy atom. The van der Waals surface area contributed by atoms with E-state index in [9.17, 15) is 13.2 Å². The molecular formula is C16H21BrO3S. The molecule has 116 valence electrons. The standard InChI is InChI=1S/C16H21BrO3S/c1-10-7-13(8-11(2)15(10)17)16(18)12-5-4-6-14(9-12)21(3,19)20/h7-8,12,14H,4-6,9H2,1-3H3. The number of sulfone groups is 1. The van der Waals surface area contributed by atoms with Gasteiger partial charge in [0.05, 0.1) is 5.25 Å². The van der Waals surface area contributed by atoms with Crippen molar-refractivity contribution in [1.82, 2.24) is 0 Å². The van der Waals surface area contributed by atoms with E-state index in [-0.39, 0.29) is 17.0 Å². The molecule has 0 amide bonds. The highest BCUT2D eigenvalue weighted by Gasteiger charge is 2.32. The smallest absolute Gasteiger partial charge is 0.166 e. The Morgan fingerprint density at radius 1 is 1.19 bits per heavy atom. The largest absolute Gasteiger partial charge is 0.294 e. The quantitative estimate of drug-likeness (QED) is 0.757. The molecule has 1 saturated carbocycles. The Balaban J connectivity index is 2.24. The van der Waals surface area contributed by atoms with Gasteiger partial charge in [-0.3, -0.25) is 4.79 Å². The van der Waals surface area contributed by atoms with E-state index < -0.39 is 9.84 Å². The fraction of sp³-hybridized carbons (Fsp3) is 0.562. The Morgan fingerprint density at radius 3 is 2.29 bits per heavy atom. The number of carbonyl (C=O) groups excluding carboxylic acids is 1. The minimum Gasteiger partial charge on any atom is -0.294 e. The van der Waals surface area contributed by atoms with E-state index >= 15 is 0 Å². The Bertz CT molecular complexity index is 641. The summed E-state index contributed by atoms with van der Waals surface area (Å²) in [5.41, 5.74) is 2.77. The Labute approximate surface area is 135 Å². The predicted molar refractivity (Wildman–Crippen MR) is 88.5 cm³/mol. The molecule has 2 rings (SSSR count). The van der Waals surface area contributed by atoms with Gasteiger partial charge in [0.25, 0.3) is 0 Å². The van der Waals surface area contributed by atoms with Crippen LogP contribution in [0.1, 0.15) is 47.2 Å². The summed E-state index contributed by atoms with van der Waals surface area (Å²) in [5, 5.41) is -0.363. The average Bonchev–Trinajstić information content (AvgIpc) is 2.42. The lowest BCUT2D eigenvalue weighted by Crippen LogP contribution is -2.31. The highest BCUT2D eigenvalue weighted by molar-refractivity contribution is 9.10. The maximum absolute atomic E-state index is 12.7. The van der Waals surface area contributed by atoms with Gasteiger partial charge in [-0.15, -0.1) is 0 Å². The molecule has 1 aromatic rings. The monoisotopic (exact) mass is 372 g/mol. The molecule has 0 radical (unpaired) electrons. The first-order valence-corrected chi connectivity index (χ1v) is 9.94. The molecule has 1 aromatic carbocycles. The summed E-state index contributed by atoms with van der Waals surface area (Å²) in [6, 6.07) is 3.78. The van der Waals surface area contributed by atoms with Crippen LogP contribution in [0.3, 0.4) is 0 Å². The number of benzene rings is 1. The number of ketones is 1. The van der Waals surface area contributed by atoms with E-state index in [0.717, 1.165) is 28.4 Å². The molecule has 0 aliphatic heterocycles. The summed E-state index contributed by atoms with van der Waals surface area (Å²) in [6.07, 6.45) is 4.02. The van der Waals surface area contributed by atoms with Gasteiger partial charge in [-0.25, -0.2) is 8.42 Å². The summed E-state index contributed by atoms with van der Waals surface area (Å²) in [6.45, 7) is 3.93. The first-order chi connectivity index (χ1) is 9.70. The molecule has 0 N–H and O–H groups in total. The van der Waals surface area contributed by atoms with E-state index in [2.05, 4.69) is 15.9 Å². The van der Waals surface area contributed by atoms with Crippen LogP contribution in [0.5, 0.6) is 0 Å². The zero-order valence-electron chi connectivity index (χ0n) is 12.6. The summed E-state index contributed by atoms with van der Waals surface area (Å²) in [7, 11) is -3.06. The third-order valence-electron chi connectivity index (χ3n) is 4.32. The van der Waals surface area contributed by atoms with Crippen LogP contribution in [0.2, 0.25) is 0 Å². The summed E-state index contributed by atoms with van der Waals surface area (Å²) >= 11 is 3.50. The van der Waals surface area contributed by atoms with Gasteiger partial charge in [0.1, 0.15) is 9.84 Å². The molecule has 5 heteroatoms. The van der Waals surface area contributed by atoms with Crippen LogP contribution >= 0.6 is 15.9 Å². The van der Waals surface area contributed by atoms with Gasteiger partial charge < -0.3 is 0 Å². The molecule has 21 heavy (non-hydrogen) atoms. The summed E-state index contributed by atoms with van der Waals surface area (Å²) < 4.78 is 24.5. The molecule has 0 bridgehead atoms. The van der Waals surface area contributed by atoms with E-state index in [4.69, 9.17) is 0 Å². The number of hydrogen-bond donors (Lipinski definition) is 0. The minimum atomic E-state index is -3.06. The van der Waals surface area contributed by atoms with Gasteiger partial charge in [0.2, 0.25) is 0 Å². The van der Waals surface area contributed by atoms with Gasteiger partial charge in [0.15, 0.2) is 5.78 Å². The van der Waals surface area contributed by atoms with Gasteiger partial charge >= 0.3 is 0 Å². The minimum absolute atomic E-state index is 0.0852. The first-order valence-electron chi connectivity index (χ1n) is 7.20. The second-order valence-corrected chi connectivity index (χ2v) is 9.22. The number of Topliss-reactive ketones (excluding diaryl/α,β-unsaturated/α-hetero) is 1. The third kappa shape index (κ3) is 3.75. The summed E-state index contributed by atoms with van der Waals surface area (Å²) in [5.74, 6) is -0.0829. The topological polar surface area (TPSA) is 51.2 Å². The van der Waals surface area contributed by atoms with Crippen molar-refractivity contribution in [2.75, 3.05) is 6.26 Å². The Hall–Kier alpha value is -0.680. The average molecular weight is 373 g/mol. The van der Waals surface area contributed by atoms with Crippen molar-refractivity contribution in [2.24, 2.45) is 5.92 Å². The lowest BCUT2D eigenvalue weighted by molar-refractivity contribution is 0.0890. The van der Waals surface area contributed by atoms with E-state index in [1.54, 1.807) is 0 Å². The van der Waals surface area contributed by atoms with E-state index in [1.807, 2.05) is 26.0 Å². The molecule has 2 atom stereocenters. The maximum atomic E-state index is 12.7. The predicted octanol–water partition coefficient (Wildman–Crippen LogP) is 3.85. The van der Waals surface area contributed by atoms with Crippen molar-refractivity contribution in [3.63, 3.8) is 0 Å². The highest BCUT2D eigenvalue weighted by atomic mass is 79.9. The van der Waals surface area contributed by atoms with Crippen molar-refractivity contribution in [1.29, 1.82) is 0 Å². The van der Waals surface area contributed by atoms with Crippen molar-refractivity contribution < 1.29 is 13.2 Å².